The van der Waals surface area contributed by atoms with E-state index in [-0.39, 0.29) is 15.7 Å². The highest BCUT2D eigenvalue weighted by molar-refractivity contribution is 9.09. The zero-order chi connectivity index (χ0) is 13.7. The fourth-order valence-electron chi connectivity index (χ4n) is 1.26. The third kappa shape index (κ3) is 4.00. The first-order valence-corrected chi connectivity index (χ1v) is 7.19. The Morgan fingerprint density at radius 2 is 2.00 bits per heavy atom. The third-order valence-electron chi connectivity index (χ3n) is 2.45. The largest absolute Gasteiger partial charge is 0.490 e. The number of non-ortho nitro benzene ring substituents is 1. The van der Waals surface area contributed by atoms with Gasteiger partial charge < -0.3 is 4.74 Å². The first-order chi connectivity index (χ1) is 8.49. The van der Waals surface area contributed by atoms with Gasteiger partial charge in [0.2, 0.25) is 0 Å². The highest BCUT2D eigenvalue weighted by Gasteiger charge is 2.16. The van der Waals surface area contributed by atoms with E-state index in [2.05, 4.69) is 15.9 Å². The van der Waals surface area contributed by atoms with E-state index in [0.29, 0.717) is 18.3 Å². The van der Waals surface area contributed by atoms with Crippen LogP contribution in [0.5, 0.6) is 5.75 Å². The zero-order valence-electron chi connectivity index (χ0n) is 9.66. The van der Waals surface area contributed by atoms with Crippen molar-refractivity contribution in [2.45, 2.75) is 13.3 Å². The standard InChI is InChI=1S/C11H12BrCl2NO3/c1-2-7(5-12)6-18-11-9(13)3-8(15(16)17)4-10(11)14/h3-4,7H,2,5-6H2,1H3. The van der Waals surface area contributed by atoms with E-state index in [1.165, 1.54) is 12.1 Å². The topological polar surface area (TPSA) is 52.4 Å². The molecule has 0 saturated carbocycles. The second-order valence-corrected chi connectivity index (χ2v) is 5.20. The molecule has 0 spiro atoms. The van der Waals surface area contributed by atoms with Gasteiger partial charge in [-0.3, -0.25) is 10.1 Å². The molecule has 0 bridgehead atoms. The molecule has 0 aromatic heterocycles. The van der Waals surface area contributed by atoms with Gasteiger partial charge in [0.15, 0.2) is 5.75 Å². The molecule has 1 atom stereocenters. The highest BCUT2D eigenvalue weighted by Crippen LogP contribution is 2.37. The summed E-state index contributed by atoms with van der Waals surface area (Å²) >= 11 is 15.2. The van der Waals surface area contributed by atoms with Crippen molar-refractivity contribution in [3.63, 3.8) is 0 Å². The van der Waals surface area contributed by atoms with Crippen LogP contribution in [0.1, 0.15) is 13.3 Å². The first kappa shape index (κ1) is 15.5. The van der Waals surface area contributed by atoms with Gasteiger partial charge in [0.05, 0.1) is 21.6 Å². The van der Waals surface area contributed by atoms with Crippen LogP contribution in [0, 0.1) is 16.0 Å². The molecule has 1 aromatic rings. The Kier molecular flexibility index (Phi) is 6.18. The molecule has 0 saturated heterocycles. The van der Waals surface area contributed by atoms with E-state index >= 15 is 0 Å². The summed E-state index contributed by atoms with van der Waals surface area (Å²) in [6.07, 6.45) is 0.952. The van der Waals surface area contributed by atoms with Crippen molar-refractivity contribution in [1.82, 2.24) is 0 Å². The fourth-order valence-corrected chi connectivity index (χ4v) is 2.49. The minimum absolute atomic E-state index is 0.148. The van der Waals surface area contributed by atoms with Crippen LogP contribution in [0.2, 0.25) is 10.0 Å². The average molecular weight is 357 g/mol. The molecule has 100 valence electrons. The summed E-state index contributed by atoms with van der Waals surface area (Å²) in [6, 6.07) is 2.47. The predicted octanol–water partition coefficient (Wildman–Crippen LogP) is 4.70. The molecule has 0 aliphatic carbocycles. The number of nitro groups is 1. The molecule has 0 aliphatic rings. The molecule has 0 radical (unpaired) electrons. The summed E-state index contributed by atoms with van der Waals surface area (Å²) in [6.45, 7) is 2.51. The normalized spacial score (nSPS) is 12.2. The number of nitrogens with zero attached hydrogens (tertiary/aromatic N) is 1. The van der Waals surface area contributed by atoms with Crippen molar-refractivity contribution >= 4 is 44.8 Å². The number of hydrogen-bond donors (Lipinski definition) is 0. The summed E-state index contributed by atoms with van der Waals surface area (Å²) < 4.78 is 5.53. The van der Waals surface area contributed by atoms with E-state index in [0.717, 1.165) is 11.8 Å². The lowest BCUT2D eigenvalue weighted by Crippen LogP contribution is -2.12. The van der Waals surface area contributed by atoms with Gasteiger partial charge in [0, 0.05) is 23.4 Å². The van der Waals surface area contributed by atoms with Gasteiger partial charge in [-0.15, -0.1) is 0 Å². The second-order valence-electron chi connectivity index (χ2n) is 3.74. The lowest BCUT2D eigenvalue weighted by molar-refractivity contribution is -0.384. The second kappa shape index (κ2) is 7.16. The number of alkyl halides is 1. The van der Waals surface area contributed by atoms with Crippen LogP contribution < -0.4 is 4.74 Å². The number of ether oxygens (including phenoxy) is 1. The highest BCUT2D eigenvalue weighted by atomic mass is 79.9. The van der Waals surface area contributed by atoms with Gasteiger partial charge in [0.25, 0.3) is 5.69 Å². The SMILES string of the molecule is CCC(CBr)COc1c(Cl)cc([N+](=O)[O-])cc1Cl. The van der Waals surface area contributed by atoms with Gasteiger partial charge in [0.1, 0.15) is 0 Å². The summed E-state index contributed by atoms with van der Waals surface area (Å²) in [4.78, 5) is 10.1. The number of nitro benzene ring substituents is 1. The third-order valence-corrected chi connectivity index (χ3v) is 3.93. The summed E-state index contributed by atoms with van der Waals surface area (Å²) in [5, 5.41) is 11.7. The van der Waals surface area contributed by atoms with E-state index < -0.39 is 4.92 Å². The minimum atomic E-state index is -0.547. The molecule has 0 fully saturated rings. The molecule has 7 heteroatoms. The molecule has 18 heavy (non-hydrogen) atoms. The van der Waals surface area contributed by atoms with E-state index in [9.17, 15) is 10.1 Å². The van der Waals surface area contributed by atoms with Crippen LogP contribution in [-0.4, -0.2) is 16.9 Å². The summed E-state index contributed by atoms with van der Waals surface area (Å²) in [7, 11) is 0. The number of hydrogen-bond acceptors (Lipinski definition) is 3. The molecule has 1 unspecified atom stereocenters. The summed E-state index contributed by atoms with van der Waals surface area (Å²) in [5.41, 5.74) is -0.148. The lowest BCUT2D eigenvalue weighted by Gasteiger charge is -2.14. The van der Waals surface area contributed by atoms with E-state index in [1.54, 1.807) is 0 Å². The Hall–Kier alpha value is -0.520. The van der Waals surface area contributed by atoms with Crippen molar-refractivity contribution < 1.29 is 9.66 Å². The number of halogens is 3. The molecule has 4 nitrogen and oxygen atoms in total. The van der Waals surface area contributed by atoms with Crippen LogP contribution in [-0.2, 0) is 0 Å². The van der Waals surface area contributed by atoms with Crippen molar-refractivity contribution in [2.24, 2.45) is 5.92 Å². The van der Waals surface area contributed by atoms with Gasteiger partial charge in [-0.2, -0.15) is 0 Å². The molecule has 1 rings (SSSR count). The Balaban J connectivity index is 2.87. The molecular weight excluding hydrogens is 345 g/mol. The molecule has 0 N–H and O–H groups in total. The van der Waals surface area contributed by atoms with Gasteiger partial charge in [-0.25, -0.2) is 0 Å². The Labute approximate surface area is 123 Å². The Morgan fingerprint density at radius 3 is 2.39 bits per heavy atom. The maximum absolute atomic E-state index is 10.6. The van der Waals surface area contributed by atoms with Crippen LogP contribution in [0.4, 0.5) is 5.69 Å². The van der Waals surface area contributed by atoms with Crippen molar-refractivity contribution in [3.8, 4) is 5.75 Å². The predicted molar refractivity (Wildman–Crippen MR) is 76.2 cm³/mol. The number of benzene rings is 1. The van der Waals surface area contributed by atoms with Crippen LogP contribution in [0.25, 0.3) is 0 Å². The van der Waals surface area contributed by atoms with Gasteiger partial charge in [-0.1, -0.05) is 46.1 Å². The van der Waals surface area contributed by atoms with E-state index in [1.807, 2.05) is 6.92 Å². The van der Waals surface area contributed by atoms with Crippen molar-refractivity contribution in [1.29, 1.82) is 0 Å². The maximum atomic E-state index is 10.6. The summed E-state index contributed by atoms with van der Waals surface area (Å²) in [5.74, 6) is 0.635. The zero-order valence-corrected chi connectivity index (χ0v) is 12.8. The first-order valence-electron chi connectivity index (χ1n) is 5.31. The van der Waals surface area contributed by atoms with Gasteiger partial charge >= 0.3 is 0 Å². The maximum Gasteiger partial charge on any atom is 0.272 e. The van der Waals surface area contributed by atoms with Crippen molar-refractivity contribution in [3.05, 3.63) is 32.3 Å². The average Bonchev–Trinajstić information content (AvgIpc) is 2.32. The Morgan fingerprint density at radius 1 is 1.44 bits per heavy atom. The molecule has 0 aliphatic heterocycles. The monoisotopic (exact) mass is 355 g/mol. The van der Waals surface area contributed by atoms with Gasteiger partial charge in [-0.05, 0) is 6.42 Å². The van der Waals surface area contributed by atoms with Crippen LogP contribution >= 0.6 is 39.1 Å². The van der Waals surface area contributed by atoms with Crippen molar-refractivity contribution in [2.75, 3.05) is 11.9 Å². The van der Waals surface area contributed by atoms with Crippen LogP contribution in [0.15, 0.2) is 12.1 Å². The fraction of sp³-hybridized carbons (Fsp3) is 0.455. The molecule has 1 aromatic carbocycles. The Bertz CT molecular complexity index is 415. The van der Waals surface area contributed by atoms with E-state index in [4.69, 9.17) is 27.9 Å². The molecule has 0 amide bonds. The lowest BCUT2D eigenvalue weighted by atomic mass is 10.1. The molecular formula is C11H12BrCl2NO3. The smallest absolute Gasteiger partial charge is 0.272 e. The van der Waals surface area contributed by atoms with Crippen LogP contribution in [0.3, 0.4) is 0 Å². The minimum Gasteiger partial charge on any atom is -0.490 e. The quantitative estimate of drug-likeness (QED) is 0.421. The number of rotatable bonds is 6. The molecule has 0 heterocycles.